The smallest absolute Gasteiger partial charge is 0.247 e. The number of rotatable bonds is 2. The van der Waals surface area contributed by atoms with Crippen molar-refractivity contribution in [2.24, 2.45) is 0 Å². The minimum absolute atomic E-state index is 0.0300. The second kappa shape index (κ2) is 4.94. The van der Waals surface area contributed by atoms with Gasteiger partial charge in [-0.15, -0.1) is 0 Å². The van der Waals surface area contributed by atoms with E-state index in [0.717, 1.165) is 4.31 Å². The molecule has 6 nitrogen and oxygen atoms in total. The van der Waals surface area contributed by atoms with E-state index in [1.807, 2.05) is 0 Å². The Kier molecular flexibility index (Phi) is 3.74. The van der Waals surface area contributed by atoms with Gasteiger partial charge >= 0.3 is 0 Å². The summed E-state index contributed by atoms with van der Waals surface area (Å²) in [6.45, 7) is 2.54. The molecule has 1 aliphatic heterocycles. The zero-order chi connectivity index (χ0) is 15.1. The SMILES string of the molecule is CC1(C)C(=O)NC(=O)CN1S(=O)(=O)c1cccc(Br)c1. The average Bonchev–Trinajstić information content (AvgIpc) is 2.34. The van der Waals surface area contributed by atoms with Crippen LogP contribution in [0.25, 0.3) is 0 Å². The number of carbonyl (C=O) groups is 2. The zero-order valence-corrected chi connectivity index (χ0v) is 13.3. The molecule has 1 fully saturated rings. The number of halogens is 1. The molecule has 0 radical (unpaired) electrons. The summed E-state index contributed by atoms with van der Waals surface area (Å²) in [6, 6.07) is 6.13. The highest BCUT2D eigenvalue weighted by Gasteiger charge is 2.47. The number of benzene rings is 1. The highest BCUT2D eigenvalue weighted by Crippen LogP contribution is 2.28. The lowest BCUT2D eigenvalue weighted by Crippen LogP contribution is -2.65. The molecular weight excluding hydrogens is 348 g/mol. The maximum atomic E-state index is 12.6. The molecule has 108 valence electrons. The predicted octanol–water partition coefficient (Wildman–Crippen LogP) is 0.875. The Morgan fingerprint density at radius 1 is 1.30 bits per heavy atom. The first-order chi connectivity index (χ1) is 9.15. The maximum absolute atomic E-state index is 12.6. The summed E-state index contributed by atoms with van der Waals surface area (Å²) >= 11 is 3.20. The monoisotopic (exact) mass is 360 g/mol. The van der Waals surface area contributed by atoms with Crippen LogP contribution in [0.1, 0.15) is 13.8 Å². The molecule has 1 heterocycles. The van der Waals surface area contributed by atoms with Crippen molar-refractivity contribution in [1.82, 2.24) is 9.62 Å². The molecule has 0 aliphatic carbocycles. The third kappa shape index (κ3) is 2.50. The first kappa shape index (κ1) is 15.1. The second-order valence-electron chi connectivity index (χ2n) is 4.91. The lowest BCUT2D eigenvalue weighted by molar-refractivity contribution is -0.141. The molecule has 2 rings (SSSR count). The molecule has 8 heteroatoms. The fourth-order valence-corrected chi connectivity index (χ4v) is 4.20. The Balaban J connectivity index is 2.52. The van der Waals surface area contributed by atoms with Gasteiger partial charge < -0.3 is 0 Å². The number of sulfonamides is 1. The van der Waals surface area contributed by atoms with Crippen LogP contribution in [-0.4, -0.2) is 36.6 Å². The van der Waals surface area contributed by atoms with E-state index in [4.69, 9.17) is 0 Å². The maximum Gasteiger partial charge on any atom is 0.247 e. The van der Waals surface area contributed by atoms with Crippen molar-refractivity contribution >= 4 is 37.8 Å². The molecule has 2 amide bonds. The quantitative estimate of drug-likeness (QED) is 0.793. The van der Waals surface area contributed by atoms with Crippen molar-refractivity contribution in [2.45, 2.75) is 24.3 Å². The standard InChI is InChI=1S/C12H13BrN2O4S/c1-12(2)11(17)14-10(16)7-15(12)20(18,19)9-5-3-4-8(13)6-9/h3-6H,7H2,1-2H3,(H,14,16,17). The first-order valence-corrected chi connectivity index (χ1v) is 8.02. The molecule has 0 spiro atoms. The lowest BCUT2D eigenvalue weighted by Gasteiger charge is -2.38. The fourth-order valence-electron chi connectivity index (χ4n) is 1.90. The van der Waals surface area contributed by atoms with Gasteiger partial charge in [0, 0.05) is 4.47 Å². The van der Waals surface area contributed by atoms with Crippen LogP contribution in [0.3, 0.4) is 0 Å². The van der Waals surface area contributed by atoms with Gasteiger partial charge in [0.15, 0.2) is 0 Å². The Hall–Kier alpha value is -1.25. The Bertz CT molecular complexity index is 684. The molecule has 0 aromatic heterocycles. The normalized spacial score (nSPS) is 19.8. The van der Waals surface area contributed by atoms with E-state index in [0.29, 0.717) is 4.47 Å². The van der Waals surface area contributed by atoms with Crippen molar-refractivity contribution < 1.29 is 18.0 Å². The summed E-state index contributed by atoms with van der Waals surface area (Å²) < 4.78 is 26.8. The summed E-state index contributed by atoms with van der Waals surface area (Å²) in [5.74, 6) is -1.26. The van der Waals surface area contributed by atoms with Gasteiger partial charge in [-0.25, -0.2) is 8.42 Å². The number of hydrogen-bond donors (Lipinski definition) is 1. The van der Waals surface area contributed by atoms with Gasteiger partial charge in [-0.2, -0.15) is 4.31 Å². The lowest BCUT2D eigenvalue weighted by atomic mass is 10.0. The van der Waals surface area contributed by atoms with E-state index in [2.05, 4.69) is 21.2 Å². The molecule has 0 bridgehead atoms. The summed E-state index contributed by atoms with van der Waals surface area (Å²) in [4.78, 5) is 23.3. The predicted molar refractivity (Wildman–Crippen MR) is 75.3 cm³/mol. The number of imide groups is 1. The summed E-state index contributed by atoms with van der Waals surface area (Å²) in [5.41, 5.74) is -1.32. The van der Waals surface area contributed by atoms with E-state index in [1.165, 1.54) is 26.0 Å². The first-order valence-electron chi connectivity index (χ1n) is 5.78. The number of carbonyl (C=O) groups excluding carboxylic acids is 2. The van der Waals surface area contributed by atoms with Crippen LogP contribution < -0.4 is 5.32 Å². The molecule has 0 atom stereocenters. The van der Waals surface area contributed by atoms with Crippen LogP contribution in [0.4, 0.5) is 0 Å². The number of nitrogens with one attached hydrogen (secondary N) is 1. The van der Waals surface area contributed by atoms with Crippen molar-refractivity contribution in [3.05, 3.63) is 28.7 Å². The van der Waals surface area contributed by atoms with E-state index in [-0.39, 0.29) is 11.4 Å². The van der Waals surface area contributed by atoms with Crippen LogP contribution in [0.5, 0.6) is 0 Å². The Morgan fingerprint density at radius 2 is 1.95 bits per heavy atom. The van der Waals surface area contributed by atoms with Crippen molar-refractivity contribution in [1.29, 1.82) is 0 Å². The average molecular weight is 361 g/mol. The second-order valence-corrected chi connectivity index (χ2v) is 7.68. The third-order valence-corrected chi connectivity index (χ3v) is 5.61. The molecule has 0 saturated carbocycles. The molecule has 20 heavy (non-hydrogen) atoms. The highest BCUT2D eigenvalue weighted by molar-refractivity contribution is 9.10. The van der Waals surface area contributed by atoms with Crippen LogP contribution in [0, 0.1) is 0 Å². The molecule has 1 aromatic carbocycles. The van der Waals surface area contributed by atoms with Gasteiger partial charge in [0.25, 0.3) is 0 Å². The van der Waals surface area contributed by atoms with E-state index < -0.39 is 27.4 Å². The van der Waals surface area contributed by atoms with E-state index in [9.17, 15) is 18.0 Å². The summed E-state index contributed by atoms with van der Waals surface area (Å²) in [7, 11) is -3.94. The van der Waals surface area contributed by atoms with E-state index in [1.54, 1.807) is 12.1 Å². The molecule has 1 saturated heterocycles. The Morgan fingerprint density at radius 3 is 2.55 bits per heavy atom. The summed E-state index contributed by atoms with van der Waals surface area (Å²) in [5, 5.41) is 2.14. The van der Waals surface area contributed by atoms with Crippen molar-refractivity contribution in [3.8, 4) is 0 Å². The minimum Gasteiger partial charge on any atom is -0.294 e. The van der Waals surface area contributed by atoms with Gasteiger partial charge in [0.05, 0.1) is 11.4 Å². The van der Waals surface area contributed by atoms with Crippen molar-refractivity contribution in [3.63, 3.8) is 0 Å². The summed E-state index contributed by atoms with van der Waals surface area (Å²) in [6.07, 6.45) is 0. The number of hydrogen-bond acceptors (Lipinski definition) is 4. The van der Waals surface area contributed by atoms with Gasteiger partial charge in [-0.1, -0.05) is 22.0 Å². The van der Waals surface area contributed by atoms with Crippen LogP contribution in [0.15, 0.2) is 33.6 Å². The minimum atomic E-state index is -3.94. The number of nitrogens with zero attached hydrogens (tertiary/aromatic N) is 1. The van der Waals surface area contributed by atoms with Crippen LogP contribution in [-0.2, 0) is 19.6 Å². The molecule has 1 N–H and O–H groups in total. The zero-order valence-electron chi connectivity index (χ0n) is 10.9. The van der Waals surface area contributed by atoms with E-state index >= 15 is 0 Å². The van der Waals surface area contributed by atoms with Gasteiger partial charge in [-0.3, -0.25) is 14.9 Å². The van der Waals surface area contributed by atoms with Crippen molar-refractivity contribution in [2.75, 3.05) is 6.54 Å². The molecular formula is C12H13BrN2O4S. The van der Waals surface area contributed by atoms with Crippen LogP contribution >= 0.6 is 15.9 Å². The topological polar surface area (TPSA) is 83.6 Å². The van der Waals surface area contributed by atoms with Gasteiger partial charge in [0.2, 0.25) is 21.8 Å². The number of amides is 2. The molecule has 1 aromatic rings. The van der Waals surface area contributed by atoms with Gasteiger partial charge in [-0.05, 0) is 32.0 Å². The molecule has 0 unspecified atom stereocenters. The number of piperazine rings is 1. The van der Waals surface area contributed by atoms with Crippen LogP contribution in [0.2, 0.25) is 0 Å². The Labute approximate surface area is 125 Å². The highest BCUT2D eigenvalue weighted by atomic mass is 79.9. The van der Waals surface area contributed by atoms with Gasteiger partial charge in [0.1, 0.15) is 5.54 Å². The fraction of sp³-hybridized carbons (Fsp3) is 0.333. The molecule has 1 aliphatic rings. The third-order valence-electron chi connectivity index (χ3n) is 3.10. The largest absolute Gasteiger partial charge is 0.294 e.